The maximum absolute atomic E-state index is 13.2. The smallest absolute Gasteiger partial charge is 0.288 e. The van der Waals surface area contributed by atoms with Gasteiger partial charge < -0.3 is 15.1 Å². The quantitative estimate of drug-likeness (QED) is 0.466. The third-order valence-corrected chi connectivity index (χ3v) is 5.96. The van der Waals surface area contributed by atoms with Crippen molar-refractivity contribution in [3.8, 4) is 0 Å². The van der Waals surface area contributed by atoms with Crippen molar-refractivity contribution in [1.82, 2.24) is 4.90 Å². The number of nitrogens with one attached hydrogen (secondary N) is 1. The molecule has 1 saturated heterocycles. The highest BCUT2D eigenvalue weighted by Crippen LogP contribution is 2.29. The first-order valence-electron chi connectivity index (χ1n) is 10.8. The second-order valence-electron chi connectivity index (χ2n) is 7.63. The van der Waals surface area contributed by atoms with E-state index in [1.165, 1.54) is 18.6 Å². The van der Waals surface area contributed by atoms with Crippen molar-refractivity contribution < 1.29 is 14.5 Å². The summed E-state index contributed by atoms with van der Waals surface area (Å²) in [5, 5.41) is 13.8. The maximum atomic E-state index is 13.2. The zero-order valence-electron chi connectivity index (χ0n) is 18.3. The molecule has 0 radical (unpaired) electrons. The number of anilines is 2. The largest absolute Gasteiger partial charge is 0.371 e. The standard InChI is InChI=1S/C23H27ClN4O4/c1-3-26(4-2)23(30)18-15-17(9-11-20(18)27-12-6-5-7-13-27)25-22(29)16-8-10-19(24)21(14-16)28(31)32/h8-11,14-15H,3-7,12-13H2,1-2H3,(H,25,29). The topological polar surface area (TPSA) is 95.8 Å². The van der Waals surface area contributed by atoms with Gasteiger partial charge in [-0.2, -0.15) is 0 Å². The Hall–Kier alpha value is -3.13. The molecule has 2 aromatic rings. The molecule has 2 amide bonds. The van der Waals surface area contributed by atoms with Gasteiger partial charge in [0.15, 0.2) is 0 Å². The highest BCUT2D eigenvalue weighted by atomic mass is 35.5. The number of carbonyl (C=O) groups excluding carboxylic acids is 2. The molecule has 3 rings (SSSR count). The van der Waals surface area contributed by atoms with Crippen LogP contribution in [0.1, 0.15) is 53.8 Å². The van der Waals surface area contributed by atoms with Crippen molar-refractivity contribution in [1.29, 1.82) is 0 Å². The van der Waals surface area contributed by atoms with E-state index in [9.17, 15) is 19.7 Å². The van der Waals surface area contributed by atoms with E-state index in [1.54, 1.807) is 17.0 Å². The Morgan fingerprint density at radius 2 is 1.78 bits per heavy atom. The van der Waals surface area contributed by atoms with Crippen LogP contribution in [0.2, 0.25) is 5.02 Å². The van der Waals surface area contributed by atoms with Crippen molar-refractivity contribution in [2.24, 2.45) is 0 Å². The summed E-state index contributed by atoms with van der Waals surface area (Å²) in [4.78, 5) is 40.4. The van der Waals surface area contributed by atoms with Gasteiger partial charge >= 0.3 is 0 Å². The van der Waals surface area contributed by atoms with Crippen molar-refractivity contribution >= 4 is 40.5 Å². The average Bonchev–Trinajstić information content (AvgIpc) is 2.80. The third-order valence-electron chi connectivity index (χ3n) is 5.64. The van der Waals surface area contributed by atoms with Gasteiger partial charge in [-0.15, -0.1) is 0 Å². The highest BCUT2D eigenvalue weighted by molar-refractivity contribution is 6.32. The van der Waals surface area contributed by atoms with Gasteiger partial charge in [-0.05, 0) is 63.4 Å². The number of amides is 2. The maximum Gasteiger partial charge on any atom is 0.288 e. The monoisotopic (exact) mass is 458 g/mol. The number of nitro groups is 1. The Bertz CT molecular complexity index is 1020. The number of piperidine rings is 1. The van der Waals surface area contributed by atoms with Crippen molar-refractivity contribution in [2.75, 3.05) is 36.4 Å². The second-order valence-corrected chi connectivity index (χ2v) is 8.04. The minimum Gasteiger partial charge on any atom is -0.371 e. The van der Waals surface area contributed by atoms with Crippen molar-refractivity contribution in [3.63, 3.8) is 0 Å². The summed E-state index contributed by atoms with van der Waals surface area (Å²) in [7, 11) is 0. The summed E-state index contributed by atoms with van der Waals surface area (Å²) in [6, 6.07) is 9.19. The number of rotatable bonds is 7. The van der Waals surface area contributed by atoms with Crippen molar-refractivity contribution in [3.05, 3.63) is 62.7 Å². The van der Waals surface area contributed by atoms with Crippen molar-refractivity contribution in [2.45, 2.75) is 33.1 Å². The van der Waals surface area contributed by atoms with Gasteiger partial charge in [-0.1, -0.05) is 11.6 Å². The molecule has 1 N–H and O–H groups in total. The fourth-order valence-corrected chi connectivity index (χ4v) is 4.06. The Labute approximate surface area is 192 Å². The minimum absolute atomic E-state index is 0.0375. The number of nitro benzene ring substituents is 1. The second kappa shape index (κ2) is 10.5. The number of carbonyl (C=O) groups is 2. The molecule has 0 aliphatic carbocycles. The molecule has 0 bridgehead atoms. The first-order chi connectivity index (χ1) is 15.3. The molecule has 0 saturated carbocycles. The summed E-state index contributed by atoms with van der Waals surface area (Å²) < 4.78 is 0. The van der Waals surface area contributed by atoms with Crippen LogP contribution in [0.4, 0.5) is 17.1 Å². The number of hydrogen-bond donors (Lipinski definition) is 1. The van der Waals surface area contributed by atoms with E-state index < -0.39 is 10.8 Å². The molecule has 0 spiro atoms. The summed E-state index contributed by atoms with van der Waals surface area (Å²) in [5.41, 5.74) is 1.62. The summed E-state index contributed by atoms with van der Waals surface area (Å²) in [5.74, 6) is -0.606. The molecule has 32 heavy (non-hydrogen) atoms. The Balaban J connectivity index is 1.92. The third kappa shape index (κ3) is 5.19. The van der Waals surface area contributed by atoms with Crippen LogP contribution < -0.4 is 10.2 Å². The lowest BCUT2D eigenvalue weighted by atomic mass is 10.0. The van der Waals surface area contributed by atoms with Crippen LogP contribution in [0.5, 0.6) is 0 Å². The lowest BCUT2D eigenvalue weighted by Crippen LogP contribution is -2.35. The first-order valence-corrected chi connectivity index (χ1v) is 11.2. The van der Waals surface area contributed by atoms with Crippen LogP contribution >= 0.6 is 11.6 Å². The van der Waals surface area contributed by atoms with Gasteiger partial charge in [-0.25, -0.2) is 0 Å². The molecule has 1 heterocycles. The van der Waals surface area contributed by atoms with E-state index in [2.05, 4.69) is 10.2 Å². The van der Waals surface area contributed by atoms with Crippen LogP contribution in [0, 0.1) is 10.1 Å². The number of halogens is 1. The molecular formula is C23H27ClN4O4. The van der Waals surface area contributed by atoms with E-state index in [4.69, 9.17) is 11.6 Å². The van der Waals surface area contributed by atoms with Gasteiger partial charge in [0, 0.05) is 49.2 Å². The van der Waals surface area contributed by atoms with Crippen LogP contribution in [0.3, 0.4) is 0 Å². The number of benzene rings is 2. The summed E-state index contributed by atoms with van der Waals surface area (Å²) >= 11 is 5.84. The summed E-state index contributed by atoms with van der Waals surface area (Å²) in [6.07, 6.45) is 3.33. The van der Waals surface area contributed by atoms with Gasteiger partial charge in [0.1, 0.15) is 5.02 Å². The van der Waals surface area contributed by atoms with E-state index in [1.807, 2.05) is 19.9 Å². The Kier molecular flexibility index (Phi) is 7.69. The van der Waals surface area contributed by atoms with Crippen LogP contribution in [-0.2, 0) is 0 Å². The Morgan fingerprint density at radius 1 is 1.09 bits per heavy atom. The van der Waals surface area contributed by atoms with E-state index in [0.29, 0.717) is 24.3 Å². The fraction of sp³-hybridized carbons (Fsp3) is 0.391. The van der Waals surface area contributed by atoms with E-state index in [-0.39, 0.29) is 22.2 Å². The predicted octanol–water partition coefficient (Wildman–Crippen LogP) is 4.97. The molecule has 8 nitrogen and oxygen atoms in total. The molecule has 0 atom stereocenters. The Morgan fingerprint density at radius 3 is 2.41 bits per heavy atom. The zero-order chi connectivity index (χ0) is 23.3. The molecule has 2 aromatic carbocycles. The van der Waals surface area contributed by atoms with Crippen LogP contribution in [0.25, 0.3) is 0 Å². The zero-order valence-corrected chi connectivity index (χ0v) is 19.0. The number of nitrogens with zero attached hydrogens (tertiary/aromatic N) is 3. The van der Waals surface area contributed by atoms with Gasteiger partial charge in [0.2, 0.25) is 0 Å². The predicted molar refractivity (Wildman–Crippen MR) is 126 cm³/mol. The normalized spacial score (nSPS) is 13.5. The van der Waals surface area contributed by atoms with E-state index >= 15 is 0 Å². The molecule has 1 aliphatic heterocycles. The van der Waals surface area contributed by atoms with Gasteiger partial charge in [-0.3, -0.25) is 19.7 Å². The molecule has 170 valence electrons. The van der Waals surface area contributed by atoms with Gasteiger partial charge in [0.05, 0.1) is 10.5 Å². The molecule has 0 aromatic heterocycles. The molecule has 0 unspecified atom stereocenters. The molecule has 1 fully saturated rings. The molecule has 9 heteroatoms. The number of hydrogen-bond acceptors (Lipinski definition) is 5. The minimum atomic E-state index is -0.632. The molecule has 1 aliphatic rings. The highest BCUT2D eigenvalue weighted by Gasteiger charge is 2.23. The first kappa shape index (κ1) is 23.5. The van der Waals surface area contributed by atoms with Gasteiger partial charge in [0.25, 0.3) is 17.5 Å². The summed E-state index contributed by atoms with van der Waals surface area (Å²) in [6.45, 7) is 6.80. The van der Waals surface area contributed by atoms with Crippen LogP contribution in [0.15, 0.2) is 36.4 Å². The fourth-order valence-electron chi connectivity index (χ4n) is 3.87. The SMILES string of the molecule is CCN(CC)C(=O)c1cc(NC(=O)c2ccc(Cl)c([N+](=O)[O-])c2)ccc1N1CCCCC1. The van der Waals surface area contributed by atoms with Crippen LogP contribution in [-0.4, -0.2) is 47.8 Å². The lowest BCUT2D eigenvalue weighted by molar-refractivity contribution is -0.384. The van der Waals surface area contributed by atoms with E-state index in [0.717, 1.165) is 37.7 Å². The average molecular weight is 459 g/mol. The lowest BCUT2D eigenvalue weighted by Gasteiger charge is -2.31. The molecular weight excluding hydrogens is 432 g/mol.